The minimum atomic E-state index is -3.28. The Morgan fingerprint density at radius 3 is 2.35 bits per heavy atom. The van der Waals surface area contributed by atoms with Crippen LogP contribution in [0.4, 0.5) is 0 Å². The number of hydrazine groups is 1. The molecule has 7 heteroatoms. The lowest BCUT2D eigenvalue weighted by atomic mass is 10.2. The van der Waals surface area contributed by atoms with E-state index < -0.39 is 10.0 Å². The van der Waals surface area contributed by atoms with E-state index in [0.717, 1.165) is 19.6 Å². The van der Waals surface area contributed by atoms with Crippen LogP contribution in [-0.2, 0) is 16.6 Å². The summed E-state index contributed by atoms with van der Waals surface area (Å²) in [6, 6.07) is 10.3. The minimum Gasteiger partial charge on any atom is -0.329 e. The predicted octanol–water partition coefficient (Wildman–Crippen LogP) is -0.403. The number of rotatable bonds is 6. The molecule has 1 aliphatic rings. The number of sulfonamides is 1. The molecule has 0 spiro atoms. The number of benzene rings is 1. The van der Waals surface area contributed by atoms with Crippen LogP contribution in [0.5, 0.6) is 0 Å². The van der Waals surface area contributed by atoms with Gasteiger partial charge < -0.3 is 5.73 Å². The van der Waals surface area contributed by atoms with Crippen LogP contribution in [0.2, 0.25) is 0 Å². The second-order valence-electron chi connectivity index (χ2n) is 4.95. The Morgan fingerprint density at radius 2 is 1.75 bits per heavy atom. The SMILES string of the molecule is NCCS(=O)(=O)NN1CCN(Cc2ccccc2)CC1. The van der Waals surface area contributed by atoms with E-state index in [0.29, 0.717) is 13.1 Å². The summed E-state index contributed by atoms with van der Waals surface area (Å²) in [7, 11) is -3.28. The Kier molecular flexibility index (Phi) is 5.50. The fourth-order valence-electron chi connectivity index (χ4n) is 2.24. The summed E-state index contributed by atoms with van der Waals surface area (Å²) in [5.41, 5.74) is 6.56. The lowest BCUT2D eigenvalue weighted by Gasteiger charge is -2.34. The summed E-state index contributed by atoms with van der Waals surface area (Å²) >= 11 is 0. The van der Waals surface area contributed by atoms with Crippen molar-refractivity contribution in [3.63, 3.8) is 0 Å². The molecule has 0 unspecified atom stereocenters. The van der Waals surface area contributed by atoms with Crippen molar-refractivity contribution >= 4 is 10.0 Å². The predicted molar refractivity (Wildman–Crippen MR) is 79.3 cm³/mol. The molecule has 1 heterocycles. The summed E-state index contributed by atoms with van der Waals surface area (Å²) in [4.78, 5) is 4.90. The Bertz CT molecular complexity index is 498. The molecule has 6 nitrogen and oxygen atoms in total. The average Bonchev–Trinajstić information content (AvgIpc) is 2.42. The highest BCUT2D eigenvalue weighted by atomic mass is 32.2. The number of hydrogen-bond acceptors (Lipinski definition) is 5. The zero-order valence-electron chi connectivity index (χ0n) is 11.5. The largest absolute Gasteiger partial charge is 0.329 e. The summed E-state index contributed by atoms with van der Waals surface area (Å²) in [5.74, 6) is -0.0305. The third-order valence-electron chi connectivity index (χ3n) is 3.28. The van der Waals surface area contributed by atoms with E-state index in [4.69, 9.17) is 5.73 Å². The Labute approximate surface area is 120 Å². The zero-order chi connectivity index (χ0) is 14.4. The summed E-state index contributed by atoms with van der Waals surface area (Å²) in [6.07, 6.45) is 0. The molecule has 20 heavy (non-hydrogen) atoms. The highest BCUT2D eigenvalue weighted by Crippen LogP contribution is 2.07. The van der Waals surface area contributed by atoms with Crippen LogP contribution in [0.3, 0.4) is 0 Å². The van der Waals surface area contributed by atoms with Crippen molar-refractivity contribution in [3.8, 4) is 0 Å². The second kappa shape index (κ2) is 7.14. The number of hydrogen-bond donors (Lipinski definition) is 2. The molecule has 0 atom stereocenters. The first-order chi connectivity index (χ1) is 9.59. The van der Waals surface area contributed by atoms with Crippen LogP contribution in [0.25, 0.3) is 0 Å². The van der Waals surface area contributed by atoms with Gasteiger partial charge in [-0.05, 0) is 5.56 Å². The normalized spacial score (nSPS) is 18.2. The number of piperazine rings is 1. The molecule has 0 radical (unpaired) electrons. The lowest BCUT2D eigenvalue weighted by Crippen LogP contribution is -2.53. The first kappa shape index (κ1) is 15.4. The van der Waals surface area contributed by atoms with Crippen molar-refractivity contribution < 1.29 is 8.42 Å². The number of nitrogens with one attached hydrogen (secondary N) is 1. The molecule has 3 N–H and O–H groups in total. The first-order valence-corrected chi connectivity index (χ1v) is 8.46. The highest BCUT2D eigenvalue weighted by molar-refractivity contribution is 7.89. The molecule has 0 bridgehead atoms. The Hall–Kier alpha value is -0.990. The standard InChI is InChI=1S/C13H22N4O2S/c14-6-11-20(18,19)15-17-9-7-16(8-10-17)12-13-4-2-1-3-5-13/h1-5,15H,6-12,14H2. The van der Waals surface area contributed by atoms with E-state index in [9.17, 15) is 8.42 Å². The van der Waals surface area contributed by atoms with Gasteiger partial charge in [-0.25, -0.2) is 13.4 Å². The van der Waals surface area contributed by atoms with Gasteiger partial charge in [0.15, 0.2) is 0 Å². The van der Waals surface area contributed by atoms with Crippen molar-refractivity contribution in [1.82, 2.24) is 14.7 Å². The van der Waals surface area contributed by atoms with E-state index in [-0.39, 0.29) is 12.3 Å². The summed E-state index contributed by atoms with van der Waals surface area (Å²) < 4.78 is 23.2. The molecule has 0 saturated carbocycles. The van der Waals surface area contributed by atoms with Crippen molar-refractivity contribution in [2.45, 2.75) is 6.54 Å². The van der Waals surface area contributed by atoms with Gasteiger partial charge in [0.2, 0.25) is 10.0 Å². The lowest BCUT2D eigenvalue weighted by molar-refractivity contribution is 0.111. The molecular formula is C13H22N4O2S. The van der Waals surface area contributed by atoms with Crippen molar-refractivity contribution in [1.29, 1.82) is 0 Å². The third kappa shape index (κ3) is 4.84. The van der Waals surface area contributed by atoms with Gasteiger partial charge in [0, 0.05) is 39.3 Å². The van der Waals surface area contributed by atoms with Crippen molar-refractivity contribution in [2.24, 2.45) is 5.73 Å². The maximum Gasteiger partial charge on any atom is 0.225 e. The molecule has 0 aliphatic carbocycles. The van der Waals surface area contributed by atoms with Gasteiger partial charge in [-0.3, -0.25) is 4.90 Å². The summed E-state index contributed by atoms with van der Waals surface area (Å²) in [6.45, 7) is 4.13. The smallest absolute Gasteiger partial charge is 0.225 e. The third-order valence-corrected chi connectivity index (χ3v) is 4.59. The van der Waals surface area contributed by atoms with Crippen molar-refractivity contribution in [3.05, 3.63) is 35.9 Å². The van der Waals surface area contributed by atoms with Gasteiger partial charge in [-0.15, -0.1) is 4.83 Å². The van der Waals surface area contributed by atoms with Crippen LogP contribution in [0, 0.1) is 0 Å². The first-order valence-electron chi connectivity index (χ1n) is 6.80. The fraction of sp³-hybridized carbons (Fsp3) is 0.538. The molecule has 1 aliphatic heterocycles. The Balaban J connectivity index is 1.78. The van der Waals surface area contributed by atoms with Crippen LogP contribution in [-0.4, -0.2) is 56.8 Å². The van der Waals surface area contributed by atoms with Gasteiger partial charge >= 0.3 is 0 Å². The van der Waals surface area contributed by atoms with E-state index >= 15 is 0 Å². The van der Waals surface area contributed by atoms with Gasteiger partial charge in [0.25, 0.3) is 0 Å². The van der Waals surface area contributed by atoms with E-state index in [1.54, 1.807) is 5.01 Å². The van der Waals surface area contributed by atoms with Crippen LogP contribution in [0.1, 0.15) is 5.56 Å². The van der Waals surface area contributed by atoms with Crippen LogP contribution in [0.15, 0.2) is 30.3 Å². The molecule has 1 saturated heterocycles. The van der Waals surface area contributed by atoms with Crippen LogP contribution >= 0.6 is 0 Å². The Morgan fingerprint density at radius 1 is 1.10 bits per heavy atom. The zero-order valence-corrected chi connectivity index (χ0v) is 12.3. The van der Waals surface area contributed by atoms with E-state index in [1.807, 2.05) is 18.2 Å². The molecule has 1 aromatic carbocycles. The molecule has 1 fully saturated rings. The maximum absolute atomic E-state index is 11.6. The van der Waals surface area contributed by atoms with Crippen molar-refractivity contribution in [2.75, 3.05) is 38.5 Å². The van der Waals surface area contributed by atoms with E-state index in [2.05, 4.69) is 21.9 Å². The monoisotopic (exact) mass is 298 g/mol. The number of nitrogens with two attached hydrogens (primary N) is 1. The maximum atomic E-state index is 11.6. The molecule has 0 aromatic heterocycles. The molecule has 0 amide bonds. The molecule has 2 rings (SSSR count). The van der Waals surface area contributed by atoms with Crippen LogP contribution < -0.4 is 10.6 Å². The van der Waals surface area contributed by atoms with E-state index in [1.165, 1.54) is 5.56 Å². The average molecular weight is 298 g/mol. The van der Waals surface area contributed by atoms with Gasteiger partial charge in [0.1, 0.15) is 0 Å². The van der Waals surface area contributed by atoms with Gasteiger partial charge in [0.05, 0.1) is 5.75 Å². The number of nitrogens with zero attached hydrogens (tertiary/aromatic N) is 2. The van der Waals surface area contributed by atoms with Gasteiger partial charge in [-0.2, -0.15) is 0 Å². The van der Waals surface area contributed by atoms with Gasteiger partial charge in [-0.1, -0.05) is 30.3 Å². The quantitative estimate of drug-likeness (QED) is 0.747. The molecule has 1 aromatic rings. The highest BCUT2D eigenvalue weighted by Gasteiger charge is 2.20. The minimum absolute atomic E-state index is 0.0305. The molecule has 112 valence electrons. The summed E-state index contributed by atoms with van der Waals surface area (Å²) in [5, 5.41) is 1.76. The topological polar surface area (TPSA) is 78.7 Å². The second-order valence-corrected chi connectivity index (χ2v) is 6.77. The fourth-order valence-corrected chi connectivity index (χ4v) is 3.21. The molecular weight excluding hydrogens is 276 g/mol.